The third-order valence-corrected chi connectivity index (χ3v) is 5.86. The SMILES string of the molecule is COc1ccc(-c2noc(CN(C(=O)COc3ccccc3)C3CCCCC3)n2)cc1OC. The van der Waals surface area contributed by atoms with Crippen molar-refractivity contribution in [2.75, 3.05) is 20.8 Å². The van der Waals surface area contributed by atoms with E-state index < -0.39 is 0 Å². The fourth-order valence-corrected chi connectivity index (χ4v) is 4.12. The Kier molecular flexibility index (Phi) is 7.44. The van der Waals surface area contributed by atoms with E-state index in [1.807, 2.05) is 41.3 Å². The van der Waals surface area contributed by atoms with Crippen molar-refractivity contribution in [3.63, 3.8) is 0 Å². The first-order valence-electron chi connectivity index (χ1n) is 11.2. The Balaban J connectivity index is 1.49. The molecule has 1 saturated carbocycles. The highest BCUT2D eigenvalue weighted by atomic mass is 16.5. The Morgan fingerprint density at radius 3 is 2.52 bits per heavy atom. The molecule has 33 heavy (non-hydrogen) atoms. The molecule has 0 spiro atoms. The van der Waals surface area contributed by atoms with E-state index in [1.54, 1.807) is 26.4 Å². The van der Waals surface area contributed by atoms with E-state index in [-0.39, 0.29) is 25.1 Å². The predicted molar refractivity (Wildman–Crippen MR) is 122 cm³/mol. The first-order chi connectivity index (χ1) is 16.2. The molecule has 0 aliphatic heterocycles. The number of para-hydroxylation sites is 1. The Morgan fingerprint density at radius 2 is 1.79 bits per heavy atom. The molecule has 0 unspecified atom stereocenters. The van der Waals surface area contributed by atoms with Crippen molar-refractivity contribution in [2.24, 2.45) is 0 Å². The quantitative estimate of drug-likeness (QED) is 0.474. The number of hydrogen-bond acceptors (Lipinski definition) is 7. The molecular weight excluding hydrogens is 422 g/mol. The van der Waals surface area contributed by atoms with Crippen LogP contribution in [-0.4, -0.2) is 47.8 Å². The number of hydrogen-bond donors (Lipinski definition) is 0. The van der Waals surface area contributed by atoms with E-state index in [0.29, 0.717) is 29.0 Å². The molecule has 1 aliphatic carbocycles. The van der Waals surface area contributed by atoms with Crippen LogP contribution in [0.15, 0.2) is 53.1 Å². The van der Waals surface area contributed by atoms with Gasteiger partial charge in [-0.25, -0.2) is 0 Å². The van der Waals surface area contributed by atoms with Gasteiger partial charge in [-0.2, -0.15) is 4.98 Å². The van der Waals surface area contributed by atoms with Crippen molar-refractivity contribution in [1.29, 1.82) is 0 Å². The van der Waals surface area contributed by atoms with Gasteiger partial charge >= 0.3 is 0 Å². The summed E-state index contributed by atoms with van der Waals surface area (Å²) in [5, 5.41) is 4.12. The highest BCUT2D eigenvalue weighted by molar-refractivity contribution is 5.78. The zero-order chi connectivity index (χ0) is 23.0. The second-order valence-corrected chi connectivity index (χ2v) is 8.00. The van der Waals surface area contributed by atoms with Crippen molar-refractivity contribution < 1.29 is 23.5 Å². The van der Waals surface area contributed by atoms with Gasteiger partial charge < -0.3 is 23.6 Å². The minimum Gasteiger partial charge on any atom is -0.493 e. The molecule has 174 valence electrons. The monoisotopic (exact) mass is 451 g/mol. The van der Waals surface area contributed by atoms with Crippen LogP contribution in [-0.2, 0) is 11.3 Å². The summed E-state index contributed by atoms with van der Waals surface area (Å²) in [6.45, 7) is 0.221. The molecule has 0 saturated heterocycles. The molecule has 1 fully saturated rings. The number of nitrogens with zero attached hydrogens (tertiary/aromatic N) is 3. The molecule has 1 aromatic heterocycles. The van der Waals surface area contributed by atoms with Crippen molar-refractivity contribution >= 4 is 5.91 Å². The molecule has 0 radical (unpaired) electrons. The van der Waals surface area contributed by atoms with Crippen molar-refractivity contribution in [1.82, 2.24) is 15.0 Å². The van der Waals surface area contributed by atoms with Crippen LogP contribution in [0.2, 0.25) is 0 Å². The zero-order valence-electron chi connectivity index (χ0n) is 19.0. The van der Waals surface area contributed by atoms with Crippen LogP contribution in [0.25, 0.3) is 11.4 Å². The molecule has 4 rings (SSSR count). The maximum atomic E-state index is 13.1. The molecule has 1 amide bonds. The lowest BCUT2D eigenvalue weighted by molar-refractivity contribution is -0.137. The summed E-state index contributed by atoms with van der Waals surface area (Å²) in [7, 11) is 3.16. The summed E-state index contributed by atoms with van der Waals surface area (Å²) in [4.78, 5) is 19.5. The first kappa shape index (κ1) is 22.6. The van der Waals surface area contributed by atoms with E-state index in [4.69, 9.17) is 18.7 Å². The van der Waals surface area contributed by atoms with E-state index >= 15 is 0 Å². The Hall–Kier alpha value is -3.55. The molecule has 3 aromatic rings. The number of amides is 1. The molecule has 1 heterocycles. The normalized spacial score (nSPS) is 14.0. The number of rotatable bonds is 9. The summed E-state index contributed by atoms with van der Waals surface area (Å²) in [5.74, 6) is 2.61. The standard InChI is InChI=1S/C25H29N3O5/c1-30-21-14-13-18(15-22(21)31-2)25-26-23(33-27-25)16-28(19-9-5-3-6-10-19)24(29)17-32-20-11-7-4-8-12-20/h4,7-8,11-15,19H,3,5-6,9-10,16-17H2,1-2H3. The molecule has 1 aliphatic rings. The highest BCUT2D eigenvalue weighted by Gasteiger charge is 2.28. The van der Waals surface area contributed by atoms with Gasteiger partial charge in [0, 0.05) is 11.6 Å². The average molecular weight is 452 g/mol. The summed E-state index contributed by atoms with van der Waals surface area (Å²) in [6, 6.07) is 14.9. The number of aromatic nitrogens is 2. The van der Waals surface area contributed by atoms with Crippen LogP contribution in [0.1, 0.15) is 38.0 Å². The second kappa shape index (κ2) is 10.8. The van der Waals surface area contributed by atoms with Gasteiger partial charge in [0.1, 0.15) is 12.3 Å². The van der Waals surface area contributed by atoms with Crippen LogP contribution in [0.3, 0.4) is 0 Å². The molecule has 8 nitrogen and oxygen atoms in total. The van der Waals surface area contributed by atoms with Gasteiger partial charge in [-0.3, -0.25) is 4.79 Å². The van der Waals surface area contributed by atoms with Gasteiger partial charge in [-0.05, 0) is 43.2 Å². The minimum absolute atomic E-state index is 0.0306. The van der Waals surface area contributed by atoms with E-state index in [9.17, 15) is 4.79 Å². The van der Waals surface area contributed by atoms with Gasteiger partial charge in [-0.1, -0.05) is 42.6 Å². The van der Waals surface area contributed by atoms with E-state index in [2.05, 4.69) is 10.1 Å². The third-order valence-electron chi connectivity index (χ3n) is 5.86. The van der Waals surface area contributed by atoms with E-state index in [1.165, 1.54) is 6.42 Å². The number of carbonyl (C=O) groups excluding carboxylic acids is 1. The molecule has 0 N–H and O–H groups in total. The second-order valence-electron chi connectivity index (χ2n) is 8.00. The third kappa shape index (κ3) is 5.63. The number of carbonyl (C=O) groups is 1. The first-order valence-corrected chi connectivity index (χ1v) is 11.2. The minimum atomic E-state index is -0.0865. The average Bonchev–Trinajstić information content (AvgIpc) is 3.35. The summed E-state index contributed by atoms with van der Waals surface area (Å²) < 4.78 is 21.9. The fraction of sp³-hybridized carbons (Fsp3) is 0.400. The van der Waals surface area contributed by atoms with Crippen molar-refractivity contribution in [3.05, 3.63) is 54.4 Å². The van der Waals surface area contributed by atoms with Gasteiger partial charge in [0.25, 0.3) is 5.91 Å². The summed E-state index contributed by atoms with van der Waals surface area (Å²) in [6.07, 6.45) is 5.34. The van der Waals surface area contributed by atoms with Crippen LogP contribution in [0.5, 0.6) is 17.2 Å². The topological polar surface area (TPSA) is 86.9 Å². The summed E-state index contributed by atoms with van der Waals surface area (Å²) >= 11 is 0. The maximum Gasteiger partial charge on any atom is 0.261 e. The fourth-order valence-electron chi connectivity index (χ4n) is 4.12. The number of ether oxygens (including phenoxy) is 3. The van der Waals surface area contributed by atoms with Gasteiger partial charge in [0.15, 0.2) is 18.1 Å². The van der Waals surface area contributed by atoms with Crippen molar-refractivity contribution in [2.45, 2.75) is 44.7 Å². The lowest BCUT2D eigenvalue weighted by Gasteiger charge is -2.33. The molecule has 0 bridgehead atoms. The van der Waals surface area contributed by atoms with Crippen LogP contribution < -0.4 is 14.2 Å². The number of methoxy groups -OCH3 is 2. The highest BCUT2D eigenvalue weighted by Crippen LogP contribution is 2.31. The molecular formula is C25H29N3O5. The smallest absolute Gasteiger partial charge is 0.261 e. The van der Waals surface area contributed by atoms with Crippen LogP contribution in [0.4, 0.5) is 0 Å². The molecule has 0 atom stereocenters. The van der Waals surface area contributed by atoms with Crippen molar-refractivity contribution in [3.8, 4) is 28.6 Å². The Morgan fingerprint density at radius 1 is 1.03 bits per heavy atom. The Bertz CT molecular complexity index is 1050. The molecule has 2 aromatic carbocycles. The van der Waals surface area contributed by atoms with Crippen LogP contribution >= 0.6 is 0 Å². The van der Waals surface area contributed by atoms with Gasteiger partial charge in [-0.15, -0.1) is 0 Å². The lowest BCUT2D eigenvalue weighted by atomic mass is 9.94. The maximum absolute atomic E-state index is 13.1. The Labute approximate surface area is 193 Å². The van der Waals surface area contributed by atoms with E-state index in [0.717, 1.165) is 31.2 Å². The van der Waals surface area contributed by atoms with Gasteiger partial charge in [0.2, 0.25) is 11.7 Å². The predicted octanol–water partition coefficient (Wildman–Crippen LogP) is 4.49. The van der Waals surface area contributed by atoms with Gasteiger partial charge in [0.05, 0.1) is 14.2 Å². The zero-order valence-corrected chi connectivity index (χ0v) is 19.0. The number of benzene rings is 2. The largest absolute Gasteiger partial charge is 0.493 e. The lowest BCUT2D eigenvalue weighted by Crippen LogP contribution is -2.43. The van der Waals surface area contributed by atoms with Crippen LogP contribution in [0, 0.1) is 0 Å². The molecule has 8 heteroatoms. The summed E-state index contributed by atoms with van der Waals surface area (Å²) in [5.41, 5.74) is 0.741.